The van der Waals surface area contributed by atoms with Crippen molar-refractivity contribution < 1.29 is 28.6 Å². The number of rotatable bonds is 9. The quantitative estimate of drug-likeness (QED) is 0.288. The van der Waals surface area contributed by atoms with Crippen LogP contribution < -0.4 is 5.32 Å². The van der Waals surface area contributed by atoms with Gasteiger partial charge in [0.15, 0.2) is 0 Å². The van der Waals surface area contributed by atoms with Crippen LogP contribution in [0.2, 0.25) is 0 Å². The summed E-state index contributed by atoms with van der Waals surface area (Å²) in [7, 11) is 1.45. The summed E-state index contributed by atoms with van der Waals surface area (Å²) < 4.78 is 14.6. The van der Waals surface area contributed by atoms with E-state index < -0.39 is 23.4 Å². The summed E-state index contributed by atoms with van der Waals surface area (Å²) in [6.45, 7) is 5.46. The van der Waals surface area contributed by atoms with Gasteiger partial charge in [0.05, 0.1) is 19.8 Å². The average molecular weight is 301 g/mol. The lowest BCUT2D eigenvalue weighted by Gasteiger charge is -2.27. The smallest absolute Gasteiger partial charge is 0.338 e. The molecule has 0 spiro atoms. The molecule has 0 radical (unpaired) electrons. The van der Waals surface area contributed by atoms with Gasteiger partial charge >= 0.3 is 17.9 Å². The number of hydrogen-bond donors (Lipinski definition) is 1. The third-order valence-corrected chi connectivity index (χ3v) is 2.64. The third kappa shape index (κ3) is 5.55. The highest BCUT2D eigenvalue weighted by molar-refractivity contribution is 6.05. The second-order valence-electron chi connectivity index (χ2n) is 3.95. The van der Waals surface area contributed by atoms with E-state index in [1.54, 1.807) is 20.8 Å². The molecule has 1 N–H and O–H groups in total. The van der Waals surface area contributed by atoms with Crippen LogP contribution in [0.1, 0.15) is 27.2 Å². The highest BCUT2D eigenvalue weighted by Gasteiger charge is 2.46. The Hall–Kier alpha value is -1.89. The molecule has 120 valence electrons. The van der Waals surface area contributed by atoms with Crippen LogP contribution in [0.4, 0.5) is 0 Å². The summed E-state index contributed by atoms with van der Waals surface area (Å²) in [6.07, 6.45) is 2.45. The molecule has 0 aromatic carbocycles. The topological polar surface area (TPSA) is 90.9 Å². The standard InChI is InChI=1S/C14H23NO6/c1-5-19-11(16)9-8-10-14(15-4,12(17)20-6-2)13(18)21-7-3/h8-9,15H,5-7,10H2,1-4H3/b9-8+. The maximum Gasteiger partial charge on any atom is 0.338 e. The van der Waals surface area contributed by atoms with Crippen LogP contribution >= 0.6 is 0 Å². The summed E-state index contributed by atoms with van der Waals surface area (Å²) in [6, 6.07) is 0. The molecule has 0 saturated heterocycles. The van der Waals surface area contributed by atoms with Crippen molar-refractivity contribution in [1.29, 1.82) is 0 Å². The predicted octanol–water partition coefficient (Wildman–Crippen LogP) is 0.580. The molecule has 0 saturated carbocycles. The average Bonchev–Trinajstić information content (AvgIpc) is 2.44. The minimum atomic E-state index is -1.67. The van der Waals surface area contributed by atoms with Crippen molar-refractivity contribution in [1.82, 2.24) is 5.32 Å². The lowest BCUT2D eigenvalue weighted by molar-refractivity contribution is -0.165. The lowest BCUT2D eigenvalue weighted by Crippen LogP contribution is -2.58. The summed E-state index contributed by atoms with van der Waals surface area (Å²) in [5.74, 6) is -2.05. The van der Waals surface area contributed by atoms with Gasteiger partial charge in [0.25, 0.3) is 0 Å². The molecule has 0 bridgehead atoms. The van der Waals surface area contributed by atoms with Crippen LogP contribution in [-0.4, -0.2) is 50.3 Å². The summed E-state index contributed by atoms with van der Waals surface area (Å²) in [4.78, 5) is 35.4. The van der Waals surface area contributed by atoms with Gasteiger partial charge in [0, 0.05) is 12.5 Å². The largest absolute Gasteiger partial charge is 0.464 e. The number of carbonyl (C=O) groups is 3. The molecule has 0 aliphatic carbocycles. The number of likely N-dealkylation sites (N-methyl/N-ethyl adjacent to an activating group) is 1. The fourth-order valence-corrected chi connectivity index (χ4v) is 1.59. The number of ether oxygens (including phenoxy) is 3. The van der Waals surface area contributed by atoms with E-state index in [4.69, 9.17) is 14.2 Å². The van der Waals surface area contributed by atoms with Crippen LogP contribution in [0.15, 0.2) is 12.2 Å². The Labute approximate surface area is 124 Å². The van der Waals surface area contributed by atoms with Gasteiger partial charge in [-0.1, -0.05) is 6.08 Å². The zero-order valence-electron chi connectivity index (χ0n) is 12.9. The zero-order chi connectivity index (χ0) is 16.3. The second kappa shape index (κ2) is 9.93. The molecule has 0 atom stereocenters. The molecular weight excluding hydrogens is 278 g/mol. The highest BCUT2D eigenvalue weighted by atomic mass is 16.6. The first-order chi connectivity index (χ1) is 9.98. The van der Waals surface area contributed by atoms with Crippen molar-refractivity contribution in [2.75, 3.05) is 26.9 Å². The van der Waals surface area contributed by atoms with E-state index in [0.717, 1.165) is 6.08 Å². The molecule has 0 aromatic heterocycles. The summed E-state index contributed by atoms with van der Waals surface area (Å²) >= 11 is 0. The molecule has 0 aromatic rings. The van der Waals surface area contributed by atoms with Gasteiger partial charge in [0.1, 0.15) is 0 Å². The van der Waals surface area contributed by atoms with Gasteiger partial charge in [-0.25, -0.2) is 14.4 Å². The minimum absolute atomic E-state index is 0.0834. The fraction of sp³-hybridized carbons (Fsp3) is 0.643. The SMILES string of the molecule is CCOC(=O)/C=C/CC(NC)(C(=O)OCC)C(=O)OCC. The Kier molecular flexibility index (Phi) is 9.03. The van der Waals surface area contributed by atoms with Crippen LogP contribution in [0.5, 0.6) is 0 Å². The summed E-state index contributed by atoms with van der Waals surface area (Å²) in [5, 5.41) is 2.64. The predicted molar refractivity (Wildman–Crippen MR) is 75.4 cm³/mol. The molecule has 0 aliphatic rings. The van der Waals surface area contributed by atoms with Crippen LogP contribution in [0, 0.1) is 0 Å². The molecule has 0 unspecified atom stereocenters. The fourth-order valence-electron chi connectivity index (χ4n) is 1.59. The van der Waals surface area contributed by atoms with Crippen LogP contribution in [0.3, 0.4) is 0 Å². The van der Waals surface area contributed by atoms with E-state index in [1.807, 2.05) is 0 Å². The minimum Gasteiger partial charge on any atom is -0.464 e. The molecule has 21 heavy (non-hydrogen) atoms. The number of hydrogen-bond acceptors (Lipinski definition) is 7. The van der Waals surface area contributed by atoms with Crippen LogP contribution in [0.25, 0.3) is 0 Å². The van der Waals surface area contributed by atoms with E-state index in [1.165, 1.54) is 13.1 Å². The number of carbonyl (C=O) groups excluding carboxylic acids is 3. The van der Waals surface area contributed by atoms with Crippen molar-refractivity contribution in [3.8, 4) is 0 Å². The molecule has 7 heteroatoms. The van der Waals surface area contributed by atoms with Gasteiger partial charge in [-0.05, 0) is 27.8 Å². The van der Waals surface area contributed by atoms with Gasteiger partial charge in [-0.2, -0.15) is 0 Å². The van der Waals surface area contributed by atoms with Crippen molar-refractivity contribution in [3.05, 3.63) is 12.2 Å². The van der Waals surface area contributed by atoms with Crippen LogP contribution in [-0.2, 0) is 28.6 Å². The maximum atomic E-state index is 12.1. The molecule has 0 amide bonds. The molecule has 0 heterocycles. The van der Waals surface area contributed by atoms with Gasteiger partial charge in [0.2, 0.25) is 5.54 Å². The van der Waals surface area contributed by atoms with Crippen molar-refractivity contribution in [2.24, 2.45) is 0 Å². The highest BCUT2D eigenvalue weighted by Crippen LogP contribution is 2.16. The Morgan fingerprint density at radius 2 is 1.43 bits per heavy atom. The van der Waals surface area contributed by atoms with Crippen molar-refractivity contribution >= 4 is 17.9 Å². The van der Waals surface area contributed by atoms with E-state index >= 15 is 0 Å². The lowest BCUT2D eigenvalue weighted by atomic mass is 9.95. The van der Waals surface area contributed by atoms with E-state index in [0.29, 0.717) is 0 Å². The van der Waals surface area contributed by atoms with Gasteiger partial charge < -0.3 is 14.2 Å². The monoisotopic (exact) mass is 301 g/mol. The number of nitrogens with one attached hydrogen (secondary N) is 1. The number of esters is 3. The van der Waals surface area contributed by atoms with Crippen molar-refractivity contribution in [2.45, 2.75) is 32.7 Å². The Morgan fingerprint density at radius 3 is 1.81 bits per heavy atom. The first kappa shape index (κ1) is 19.1. The van der Waals surface area contributed by atoms with E-state index in [-0.39, 0.29) is 26.2 Å². The van der Waals surface area contributed by atoms with Gasteiger partial charge in [-0.3, -0.25) is 5.32 Å². The Balaban J connectivity index is 5.15. The Morgan fingerprint density at radius 1 is 0.952 bits per heavy atom. The molecule has 7 nitrogen and oxygen atoms in total. The first-order valence-corrected chi connectivity index (χ1v) is 6.85. The first-order valence-electron chi connectivity index (χ1n) is 6.85. The molecule has 0 rings (SSSR count). The normalized spacial score (nSPS) is 11.2. The molecule has 0 fully saturated rings. The van der Waals surface area contributed by atoms with Crippen molar-refractivity contribution in [3.63, 3.8) is 0 Å². The Bertz CT molecular complexity index is 373. The molecular formula is C14H23NO6. The zero-order valence-corrected chi connectivity index (χ0v) is 12.9. The second-order valence-corrected chi connectivity index (χ2v) is 3.95. The van der Waals surface area contributed by atoms with Gasteiger partial charge in [-0.15, -0.1) is 0 Å². The van der Waals surface area contributed by atoms with E-state index in [9.17, 15) is 14.4 Å². The maximum absolute atomic E-state index is 12.1. The summed E-state index contributed by atoms with van der Waals surface area (Å²) in [5.41, 5.74) is -1.67. The third-order valence-electron chi connectivity index (χ3n) is 2.64. The molecule has 0 aliphatic heterocycles. The van der Waals surface area contributed by atoms with E-state index in [2.05, 4.69) is 5.32 Å².